The molecule has 0 aromatic rings. The van der Waals surface area contributed by atoms with Gasteiger partial charge >= 0.3 is 0 Å². The summed E-state index contributed by atoms with van der Waals surface area (Å²) in [7, 11) is 0. The average molecular weight is 274 g/mol. The van der Waals surface area contributed by atoms with E-state index in [-0.39, 0.29) is 18.5 Å². The van der Waals surface area contributed by atoms with Crippen LogP contribution in [0.4, 0.5) is 0 Å². The summed E-state index contributed by atoms with van der Waals surface area (Å²) in [5.41, 5.74) is 0. The molecule has 0 spiro atoms. The highest BCUT2D eigenvalue weighted by molar-refractivity contribution is 5.79. The van der Waals surface area contributed by atoms with Crippen LogP contribution in [0.25, 0.3) is 0 Å². The molecule has 0 bridgehead atoms. The monoisotopic (exact) mass is 274 g/mol. The topological polar surface area (TPSA) is 65.0 Å². The van der Waals surface area contributed by atoms with Crippen LogP contribution in [0.15, 0.2) is 0 Å². The minimum Gasteiger partial charge on any atom is -0.394 e. The van der Waals surface area contributed by atoms with Gasteiger partial charge in [0.25, 0.3) is 0 Å². The van der Waals surface area contributed by atoms with E-state index in [9.17, 15) is 9.90 Å². The Bertz CT molecular complexity index is 290. The first-order valence-electron chi connectivity index (χ1n) is 6.96. The van der Waals surface area contributed by atoms with Gasteiger partial charge in [-0.2, -0.15) is 0 Å². The molecule has 1 aliphatic heterocycles. The van der Waals surface area contributed by atoms with Crippen LogP contribution in [0.2, 0.25) is 0 Å². The van der Waals surface area contributed by atoms with Crippen molar-refractivity contribution in [1.82, 2.24) is 0 Å². The Morgan fingerprint density at radius 3 is 2.63 bits per heavy atom. The molecule has 0 aromatic carbocycles. The molecule has 0 amide bonds. The second-order valence-electron chi connectivity index (χ2n) is 5.45. The molecule has 1 aliphatic rings. The minimum atomic E-state index is -0.679. The van der Waals surface area contributed by atoms with Crippen molar-refractivity contribution in [3.05, 3.63) is 0 Å². The number of Topliss-reactive ketones (excluding diaryl/α,β-unsaturated/α-hetero) is 1. The molecule has 112 valence electrons. The van der Waals surface area contributed by atoms with E-state index < -0.39 is 17.8 Å². The number of carbonyl (C=O) groups is 1. The number of hydrogen-bond acceptors (Lipinski definition) is 5. The highest BCUT2D eigenvalue weighted by atomic mass is 16.7. The van der Waals surface area contributed by atoms with Crippen molar-refractivity contribution >= 4 is 5.78 Å². The van der Waals surface area contributed by atoms with Gasteiger partial charge in [-0.05, 0) is 27.2 Å². The Hall–Kier alpha value is -0.490. The standard InChI is InChI=1S/C14H26O5/c1-5-6-7-17-11(8-15)13(10(2)16)12-9-18-14(3,4)19-12/h11-13,15H,5-9H2,1-4H3/t11-,12-,13-/m0/s1. The molecule has 1 rings (SSSR count). The van der Waals surface area contributed by atoms with Gasteiger partial charge in [-0.3, -0.25) is 4.79 Å². The average Bonchev–Trinajstić information content (AvgIpc) is 2.67. The van der Waals surface area contributed by atoms with Gasteiger partial charge in [0.15, 0.2) is 5.79 Å². The van der Waals surface area contributed by atoms with Gasteiger partial charge in [-0.1, -0.05) is 13.3 Å². The molecule has 3 atom stereocenters. The van der Waals surface area contributed by atoms with Gasteiger partial charge in [-0.15, -0.1) is 0 Å². The van der Waals surface area contributed by atoms with Crippen LogP contribution >= 0.6 is 0 Å². The molecule has 1 saturated heterocycles. The zero-order valence-corrected chi connectivity index (χ0v) is 12.3. The lowest BCUT2D eigenvalue weighted by Crippen LogP contribution is -2.42. The van der Waals surface area contributed by atoms with E-state index in [0.29, 0.717) is 13.2 Å². The van der Waals surface area contributed by atoms with Crippen LogP contribution in [0.1, 0.15) is 40.5 Å². The maximum Gasteiger partial charge on any atom is 0.163 e. The molecule has 0 saturated carbocycles. The molecule has 1 heterocycles. The second kappa shape index (κ2) is 7.33. The lowest BCUT2D eigenvalue weighted by molar-refractivity contribution is -0.161. The first-order chi connectivity index (χ1) is 8.91. The molecular weight excluding hydrogens is 248 g/mol. The number of aliphatic hydroxyl groups is 1. The molecule has 1 N–H and O–H groups in total. The first kappa shape index (κ1) is 16.6. The highest BCUT2D eigenvalue weighted by Crippen LogP contribution is 2.29. The lowest BCUT2D eigenvalue weighted by Gasteiger charge is -2.28. The summed E-state index contributed by atoms with van der Waals surface area (Å²) in [6, 6.07) is 0. The zero-order valence-electron chi connectivity index (χ0n) is 12.3. The van der Waals surface area contributed by atoms with E-state index in [1.807, 2.05) is 13.8 Å². The second-order valence-corrected chi connectivity index (χ2v) is 5.45. The number of ether oxygens (including phenoxy) is 3. The van der Waals surface area contributed by atoms with Crippen molar-refractivity contribution in [3.63, 3.8) is 0 Å². The van der Waals surface area contributed by atoms with E-state index in [0.717, 1.165) is 12.8 Å². The van der Waals surface area contributed by atoms with Crippen LogP contribution in [-0.4, -0.2) is 48.7 Å². The predicted octanol–water partition coefficient (Wildman–Crippen LogP) is 1.52. The third-order valence-corrected chi connectivity index (χ3v) is 3.31. The molecule has 5 heteroatoms. The van der Waals surface area contributed by atoms with E-state index in [2.05, 4.69) is 6.92 Å². The smallest absolute Gasteiger partial charge is 0.163 e. The number of rotatable bonds is 8. The Morgan fingerprint density at radius 1 is 1.53 bits per heavy atom. The molecular formula is C14H26O5. The highest BCUT2D eigenvalue weighted by Gasteiger charge is 2.42. The maximum absolute atomic E-state index is 11.8. The number of aliphatic hydroxyl groups excluding tert-OH is 1. The summed E-state index contributed by atoms with van der Waals surface area (Å²) in [6.45, 7) is 7.91. The van der Waals surface area contributed by atoms with Crippen LogP contribution in [0, 0.1) is 5.92 Å². The van der Waals surface area contributed by atoms with Crippen molar-refractivity contribution in [2.45, 2.75) is 58.5 Å². The molecule has 0 radical (unpaired) electrons. The van der Waals surface area contributed by atoms with Crippen LogP contribution < -0.4 is 0 Å². The Morgan fingerprint density at radius 2 is 2.21 bits per heavy atom. The van der Waals surface area contributed by atoms with Gasteiger partial charge in [0, 0.05) is 6.61 Å². The fourth-order valence-electron chi connectivity index (χ4n) is 2.30. The van der Waals surface area contributed by atoms with Gasteiger partial charge < -0.3 is 19.3 Å². The predicted molar refractivity (Wildman–Crippen MR) is 70.8 cm³/mol. The third kappa shape index (κ3) is 4.84. The first-order valence-corrected chi connectivity index (χ1v) is 6.96. The third-order valence-electron chi connectivity index (χ3n) is 3.31. The van der Waals surface area contributed by atoms with Gasteiger partial charge in [-0.25, -0.2) is 0 Å². The van der Waals surface area contributed by atoms with Gasteiger partial charge in [0.2, 0.25) is 0 Å². The van der Waals surface area contributed by atoms with Crippen LogP contribution in [0.5, 0.6) is 0 Å². The molecule has 19 heavy (non-hydrogen) atoms. The fourth-order valence-corrected chi connectivity index (χ4v) is 2.30. The molecule has 0 aromatic heterocycles. The van der Waals surface area contributed by atoms with E-state index in [4.69, 9.17) is 14.2 Å². The SMILES string of the molecule is CCCCO[C@@H](CO)[C@H](C(C)=O)[C@@H]1COC(C)(C)O1. The van der Waals surface area contributed by atoms with Crippen LogP contribution in [-0.2, 0) is 19.0 Å². The summed E-state index contributed by atoms with van der Waals surface area (Å²) in [4.78, 5) is 11.8. The quantitative estimate of drug-likeness (QED) is 0.680. The van der Waals surface area contributed by atoms with Crippen molar-refractivity contribution < 1.29 is 24.1 Å². The lowest BCUT2D eigenvalue weighted by atomic mass is 9.92. The van der Waals surface area contributed by atoms with Crippen molar-refractivity contribution in [2.75, 3.05) is 19.8 Å². The molecule has 0 unspecified atom stereocenters. The van der Waals surface area contributed by atoms with Gasteiger partial charge in [0.05, 0.1) is 31.3 Å². The normalized spacial score (nSPS) is 25.2. The Labute approximate surface area is 115 Å². The molecule has 1 fully saturated rings. The van der Waals surface area contributed by atoms with Gasteiger partial charge in [0.1, 0.15) is 5.78 Å². The Balaban J connectivity index is 2.67. The number of ketones is 1. The van der Waals surface area contributed by atoms with E-state index >= 15 is 0 Å². The molecule has 5 nitrogen and oxygen atoms in total. The summed E-state index contributed by atoms with van der Waals surface area (Å²) in [5.74, 6) is -1.20. The number of unbranched alkanes of at least 4 members (excludes halogenated alkanes) is 1. The van der Waals surface area contributed by atoms with Crippen LogP contribution in [0.3, 0.4) is 0 Å². The Kier molecular flexibility index (Phi) is 6.39. The van der Waals surface area contributed by atoms with Crippen molar-refractivity contribution in [1.29, 1.82) is 0 Å². The van der Waals surface area contributed by atoms with Crippen molar-refractivity contribution in [2.24, 2.45) is 5.92 Å². The largest absolute Gasteiger partial charge is 0.394 e. The number of carbonyl (C=O) groups excluding carboxylic acids is 1. The summed E-state index contributed by atoms with van der Waals surface area (Å²) < 4.78 is 16.8. The maximum atomic E-state index is 11.8. The fraction of sp³-hybridized carbons (Fsp3) is 0.929. The summed E-state index contributed by atoms with van der Waals surface area (Å²) in [6.07, 6.45) is 1.05. The van der Waals surface area contributed by atoms with Crippen molar-refractivity contribution in [3.8, 4) is 0 Å². The molecule has 0 aliphatic carbocycles. The minimum absolute atomic E-state index is 0.0400. The van der Waals surface area contributed by atoms with E-state index in [1.54, 1.807) is 0 Å². The summed E-state index contributed by atoms with van der Waals surface area (Å²) in [5, 5.41) is 9.46. The zero-order chi connectivity index (χ0) is 14.5. The summed E-state index contributed by atoms with van der Waals surface area (Å²) >= 11 is 0. The number of hydrogen-bond donors (Lipinski definition) is 1. The van der Waals surface area contributed by atoms with E-state index in [1.165, 1.54) is 6.92 Å².